The fourth-order valence-corrected chi connectivity index (χ4v) is 2.52. The normalized spacial score (nSPS) is 20.3. The lowest BCUT2D eigenvalue weighted by molar-refractivity contribution is 0.430. The molecule has 1 saturated heterocycles. The van der Waals surface area contributed by atoms with Crippen LogP contribution in [0.4, 0.5) is 0 Å². The largest absolute Gasteiger partial charge is 0.314 e. The van der Waals surface area contributed by atoms with E-state index in [-0.39, 0.29) is 18.4 Å². The molecule has 0 aromatic heterocycles. The molecule has 6 heteroatoms. The Kier molecular flexibility index (Phi) is 5.65. The zero-order chi connectivity index (χ0) is 10.8. The molecule has 0 unspecified atom stereocenters. The van der Waals surface area contributed by atoms with Crippen molar-refractivity contribution in [3.05, 3.63) is 32.8 Å². The number of piperazine rings is 1. The fraction of sp³-hybridized carbons (Fsp3) is 0.400. The molecule has 0 saturated carbocycles. The van der Waals surface area contributed by atoms with Crippen LogP contribution < -0.4 is 10.6 Å². The third kappa shape index (κ3) is 2.95. The third-order valence-corrected chi connectivity index (χ3v) is 3.62. The van der Waals surface area contributed by atoms with Crippen molar-refractivity contribution in [1.29, 1.82) is 0 Å². The second-order valence-corrected chi connectivity index (χ2v) is 4.66. The quantitative estimate of drug-likeness (QED) is 0.778. The maximum absolute atomic E-state index is 6.15. The van der Waals surface area contributed by atoms with Gasteiger partial charge in [0.2, 0.25) is 0 Å². The number of rotatable bonds is 1. The molecule has 0 aliphatic carbocycles. The summed E-state index contributed by atoms with van der Waals surface area (Å²) in [6.07, 6.45) is 0. The first-order valence-corrected chi connectivity index (χ1v) is 5.91. The van der Waals surface area contributed by atoms with Gasteiger partial charge in [-0.05, 0) is 12.1 Å². The Morgan fingerprint density at radius 3 is 2.38 bits per heavy atom. The minimum atomic E-state index is 0. The summed E-state index contributed by atoms with van der Waals surface area (Å²) in [5.74, 6) is 0. The van der Waals surface area contributed by atoms with E-state index in [1.54, 1.807) is 12.1 Å². The van der Waals surface area contributed by atoms with Gasteiger partial charge >= 0.3 is 0 Å². The summed E-state index contributed by atoms with van der Waals surface area (Å²) in [4.78, 5) is 0. The minimum Gasteiger partial charge on any atom is -0.314 e. The number of nitrogens with one attached hydrogen (secondary N) is 2. The van der Waals surface area contributed by atoms with Crippen LogP contribution in [0.3, 0.4) is 0 Å². The maximum atomic E-state index is 6.15. The SMILES string of the molecule is Cl.Clc1ccc(Cl)c([C@@H]2CNCCN2)c1Cl. The van der Waals surface area contributed by atoms with Crippen LogP contribution >= 0.6 is 47.2 Å². The van der Waals surface area contributed by atoms with Crippen LogP contribution in [-0.2, 0) is 0 Å². The predicted molar refractivity (Wildman–Crippen MR) is 72.3 cm³/mol. The van der Waals surface area contributed by atoms with Gasteiger partial charge in [0.25, 0.3) is 0 Å². The lowest BCUT2D eigenvalue weighted by Crippen LogP contribution is -2.42. The van der Waals surface area contributed by atoms with Crippen molar-refractivity contribution in [3.8, 4) is 0 Å². The summed E-state index contributed by atoms with van der Waals surface area (Å²) in [6.45, 7) is 2.69. The monoisotopic (exact) mass is 300 g/mol. The highest BCUT2D eigenvalue weighted by Gasteiger charge is 2.21. The lowest BCUT2D eigenvalue weighted by atomic mass is 10.1. The Balaban J connectivity index is 0.00000128. The lowest BCUT2D eigenvalue weighted by Gasteiger charge is -2.26. The molecule has 2 nitrogen and oxygen atoms in total. The van der Waals surface area contributed by atoms with Crippen molar-refractivity contribution >= 4 is 47.2 Å². The topological polar surface area (TPSA) is 24.1 Å². The van der Waals surface area contributed by atoms with Crippen molar-refractivity contribution in [3.63, 3.8) is 0 Å². The fourth-order valence-electron chi connectivity index (χ4n) is 1.72. The van der Waals surface area contributed by atoms with Crippen molar-refractivity contribution in [1.82, 2.24) is 10.6 Å². The molecule has 0 spiro atoms. The molecular weight excluding hydrogens is 290 g/mol. The number of halogens is 4. The van der Waals surface area contributed by atoms with E-state index >= 15 is 0 Å². The molecule has 1 aliphatic rings. The van der Waals surface area contributed by atoms with E-state index in [4.69, 9.17) is 34.8 Å². The van der Waals surface area contributed by atoms with Crippen LogP contribution in [0.1, 0.15) is 11.6 Å². The first-order valence-electron chi connectivity index (χ1n) is 4.77. The Bertz CT molecular complexity index is 364. The molecule has 90 valence electrons. The van der Waals surface area contributed by atoms with Crippen LogP contribution in [0.15, 0.2) is 12.1 Å². The molecule has 2 N–H and O–H groups in total. The predicted octanol–water partition coefficient (Wildman–Crippen LogP) is 3.30. The van der Waals surface area contributed by atoms with E-state index < -0.39 is 0 Å². The van der Waals surface area contributed by atoms with Crippen LogP contribution in [-0.4, -0.2) is 19.6 Å². The van der Waals surface area contributed by atoms with E-state index in [0.29, 0.717) is 15.1 Å². The summed E-state index contributed by atoms with van der Waals surface area (Å²) < 4.78 is 0. The van der Waals surface area contributed by atoms with Crippen LogP contribution in [0.5, 0.6) is 0 Å². The molecule has 1 aromatic carbocycles. The molecule has 1 fully saturated rings. The number of hydrogen-bond donors (Lipinski definition) is 2. The zero-order valence-electron chi connectivity index (χ0n) is 8.40. The molecule has 0 radical (unpaired) electrons. The third-order valence-electron chi connectivity index (χ3n) is 2.47. The highest BCUT2D eigenvalue weighted by atomic mass is 35.5. The second-order valence-electron chi connectivity index (χ2n) is 3.47. The summed E-state index contributed by atoms with van der Waals surface area (Å²) >= 11 is 18.2. The van der Waals surface area contributed by atoms with Crippen molar-refractivity contribution in [2.75, 3.05) is 19.6 Å². The molecule has 0 amide bonds. The van der Waals surface area contributed by atoms with Gasteiger partial charge in [0.05, 0.1) is 10.0 Å². The second kappa shape index (κ2) is 6.29. The number of hydrogen-bond acceptors (Lipinski definition) is 2. The van der Waals surface area contributed by atoms with Gasteiger partial charge in [0, 0.05) is 36.3 Å². The van der Waals surface area contributed by atoms with Crippen molar-refractivity contribution < 1.29 is 0 Å². The van der Waals surface area contributed by atoms with E-state index in [1.807, 2.05) is 0 Å². The molecule has 1 aromatic rings. The van der Waals surface area contributed by atoms with E-state index in [2.05, 4.69) is 10.6 Å². The Hall–Kier alpha value is 0.300. The highest BCUT2D eigenvalue weighted by molar-refractivity contribution is 6.44. The van der Waals surface area contributed by atoms with Crippen molar-refractivity contribution in [2.24, 2.45) is 0 Å². The molecule has 1 aliphatic heterocycles. The Labute approximate surface area is 116 Å². The number of benzene rings is 1. The molecule has 1 atom stereocenters. The molecule has 1 heterocycles. The van der Waals surface area contributed by atoms with Crippen LogP contribution in [0, 0.1) is 0 Å². The van der Waals surface area contributed by atoms with E-state index in [9.17, 15) is 0 Å². The van der Waals surface area contributed by atoms with Gasteiger partial charge in [-0.25, -0.2) is 0 Å². The standard InChI is InChI=1S/C10H11Cl3N2.ClH/c11-6-1-2-7(12)10(13)9(6)8-5-14-3-4-15-8;/h1-2,8,14-15H,3-5H2;1H/t8-;/m0./s1. The first-order chi connectivity index (χ1) is 7.20. The molecule has 2 rings (SSSR count). The zero-order valence-corrected chi connectivity index (χ0v) is 11.5. The summed E-state index contributed by atoms with van der Waals surface area (Å²) in [6, 6.07) is 3.63. The van der Waals surface area contributed by atoms with Gasteiger partial charge in [-0.1, -0.05) is 34.8 Å². The molecule has 16 heavy (non-hydrogen) atoms. The molecular formula is C10H12Cl4N2. The Morgan fingerprint density at radius 1 is 1.06 bits per heavy atom. The van der Waals surface area contributed by atoms with E-state index in [1.165, 1.54) is 0 Å². The van der Waals surface area contributed by atoms with E-state index in [0.717, 1.165) is 25.2 Å². The average Bonchev–Trinajstić information content (AvgIpc) is 2.26. The summed E-state index contributed by atoms with van der Waals surface area (Å²) in [5, 5.41) is 8.39. The summed E-state index contributed by atoms with van der Waals surface area (Å²) in [7, 11) is 0. The maximum Gasteiger partial charge on any atom is 0.0655 e. The van der Waals surface area contributed by atoms with Gasteiger partial charge in [-0.3, -0.25) is 0 Å². The Morgan fingerprint density at radius 2 is 1.75 bits per heavy atom. The van der Waals surface area contributed by atoms with Gasteiger partial charge in [0.1, 0.15) is 0 Å². The average molecular weight is 302 g/mol. The minimum absolute atomic E-state index is 0. The highest BCUT2D eigenvalue weighted by Crippen LogP contribution is 2.35. The van der Waals surface area contributed by atoms with Crippen molar-refractivity contribution in [2.45, 2.75) is 6.04 Å². The van der Waals surface area contributed by atoms with Gasteiger partial charge in [-0.2, -0.15) is 0 Å². The molecule has 0 bridgehead atoms. The first kappa shape index (κ1) is 14.4. The van der Waals surface area contributed by atoms with Gasteiger partial charge < -0.3 is 10.6 Å². The summed E-state index contributed by atoms with van der Waals surface area (Å²) in [5.41, 5.74) is 0.887. The smallest absolute Gasteiger partial charge is 0.0655 e. The van der Waals surface area contributed by atoms with Gasteiger partial charge in [-0.15, -0.1) is 12.4 Å². The van der Waals surface area contributed by atoms with Crippen LogP contribution in [0.2, 0.25) is 15.1 Å². The van der Waals surface area contributed by atoms with Crippen LogP contribution in [0.25, 0.3) is 0 Å². The van der Waals surface area contributed by atoms with Gasteiger partial charge in [0.15, 0.2) is 0 Å².